The maximum absolute atomic E-state index is 9.74. The summed E-state index contributed by atoms with van der Waals surface area (Å²) in [6, 6.07) is 37.2. The highest BCUT2D eigenvalue weighted by molar-refractivity contribution is 6.59. The van der Waals surface area contributed by atoms with Crippen molar-refractivity contribution in [3.05, 3.63) is 109 Å². The van der Waals surface area contributed by atoms with Gasteiger partial charge in [-0.3, -0.25) is 0 Å². The fourth-order valence-corrected chi connectivity index (χ4v) is 4.66. The number of hydrogen-bond donors (Lipinski definition) is 2. The third-order valence-electron chi connectivity index (χ3n) is 6.21. The Morgan fingerprint density at radius 1 is 0.562 bits per heavy atom. The van der Waals surface area contributed by atoms with E-state index in [0.29, 0.717) is 5.46 Å². The van der Waals surface area contributed by atoms with Crippen LogP contribution in [0.3, 0.4) is 0 Å². The van der Waals surface area contributed by atoms with E-state index in [1.54, 1.807) is 6.07 Å². The molecule has 1 aromatic heterocycles. The van der Waals surface area contributed by atoms with Crippen LogP contribution in [0.15, 0.2) is 109 Å². The molecule has 0 atom stereocenters. The van der Waals surface area contributed by atoms with Gasteiger partial charge < -0.3 is 14.6 Å². The SMILES string of the molecule is OB(O)c1ccc2c(c1)c1ccc3ccccc3c1n2-c1ccc(-c2ccccc2)cc1. The van der Waals surface area contributed by atoms with Crippen molar-refractivity contribution in [3.63, 3.8) is 0 Å². The topological polar surface area (TPSA) is 45.4 Å². The van der Waals surface area contributed by atoms with Gasteiger partial charge in [-0.25, -0.2) is 0 Å². The standard InChI is InChI=1S/C28H20BNO2/c31-29(32)22-13-17-27-26(18-22)25-16-12-21-8-4-5-9-24(21)28(25)30(27)23-14-10-20(11-15-23)19-6-2-1-3-7-19/h1-18,31-32H. The van der Waals surface area contributed by atoms with Crippen LogP contribution < -0.4 is 5.46 Å². The summed E-state index contributed by atoms with van der Waals surface area (Å²) in [5.41, 5.74) is 6.07. The minimum absolute atomic E-state index is 0.490. The van der Waals surface area contributed by atoms with Crippen molar-refractivity contribution in [1.82, 2.24) is 4.57 Å². The molecule has 4 heteroatoms. The minimum Gasteiger partial charge on any atom is -0.423 e. The maximum atomic E-state index is 9.74. The summed E-state index contributed by atoms with van der Waals surface area (Å²) in [5, 5.41) is 23.9. The first-order valence-electron chi connectivity index (χ1n) is 10.7. The van der Waals surface area contributed by atoms with Gasteiger partial charge in [-0.15, -0.1) is 0 Å². The highest BCUT2D eigenvalue weighted by Gasteiger charge is 2.18. The molecule has 0 aliphatic carbocycles. The van der Waals surface area contributed by atoms with Crippen LogP contribution in [0.5, 0.6) is 0 Å². The molecule has 3 nitrogen and oxygen atoms in total. The molecule has 32 heavy (non-hydrogen) atoms. The fraction of sp³-hybridized carbons (Fsp3) is 0. The molecule has 0 aliphatic heterocycles. The quantitative estimate of drug-likeness (QED) is 0.388. The summed E-state index contributed by atoms with van der Waals surface area (Å²) >= 11 is 0. The minimum atomic E-state index is -1.50. The second-order valence-corrected chi connectivity index (χ2v) is 8.08. The van der Waals surface area contributed by atoms with Gasteiger partial charge in [0.05, 0.1) is 11.0 Å². The number of fused-ring (bicyclic) bond motifs is 5. The van der Waals surface area contributed by atoms with Crippen LogP contribution in [0.2, 0.25) is 0 Å². The highest BCUT2D eigenvalue weighted by Crippen LogP contribution is 2.36. The van der Waals surface area contributed by atoms with Gasteiger partial charge in [-0.2, -0.15) is 0 Å². The Labute approximate surface area is 185 Å². The lowest BCUT2D eigenvalue weighted by atomic mass is 9.80. The third kappa shape index (κ3) is 2.93. The summed E-state index contributed by atoms with van der Waals surface area (Å²) in [6.45, 7) is 0. The van der Waals surface area contributed by atoms with E-state index in [-0.39, 0.29) is 0 Å². The molecule has 0 fully saturated rings. The van der Waals surface area contributed by atoms with Crippen LogP contribution in [-0.4, -0.2) is 21.7 Å². The number of benzene rings is 5. The smallest absolute Gasteiger partial charge is 0.423 e. The van der Waals surface area contributed by atoms with Gasteiger partial charge >= 0.3 is 7.12 Å². The second-order valence-electron chi connectivity index (χ2n) is 8.08. The van der Waals surface area contributed by atoms with Crippen LogP contribution in [0.1, 0.15) is 0 Å². The zero-order chi connectivity index (χ0) is 21.7. The molecule has 0 unspecified atom stereocenters. The molecule has 0 saturated heterocycles. The number of nitrogens with zero attached hydrogens (tertiary/aromatic N) is 1. The van der Waals surface area contributed by atoms with Gasteiger partial charge in [0.15, 0.2) is 0 Å². The average molecular weight is 413 g/mol. The molecule has 0 aliphatic rings. The van der Waals surface area contributed by atoms with Crippen LogP contribution in [-0.2, 0) is 0 Å². The Morgan fingerprint density at radius 2 is 1.28 bits per heavy atom. The molecule has 2 N–H and O–H groups in total. The molecular weight excluding hydrogens is 393 g/mol. The molecule has 6 rings (SSSR count). The van der Waals surface area contributed by atoms with Gasteiger partial charge in [0, 0.05) is 21.8 Å². The Morgan fingerprint density at radius 3 is 2.06 bits per heavy atom. The molecule has 6 aromatic rings. The molecule has 0 saturated carbocycles. The van der Waals surface area contributed by atoms with E-state index in [1.807, 2.05) is 18.2 Å². The molecule has 0 bridgehead atoms. The van der Waals surface area contributed by atoms with Crippen molar-refractivity contribution in [2.45, 2.75) is 0 Å². The van der Waals surface area contributed by atoms with Gasteiger partial charge in [-0.1, -0.05) is 91.0 Å². The van der Waals surface area contributed by atoms with Gasteiger partial charge in [0.25, 0.3) is 0 Å². The zero-order valence-corrected chi connectivity index (χ0v) is 17.3. The summed E-state index contributed by atoms with van der Waals surface area (Å²) in [5.74, 6) is 0. The maximum Gasteiger partial charge on any atom is 0.488 e. The third-order valence-corrected chi connectivity index (χ3v) is 6.21. The first-order valence-corrected chi connectivity index (χ1v) is 10.7. The lowest BCUT2D eigenvalue weighted by molar-refractivity contribution is 0.426. The van der Waals surface area contributed by atoms with E-state index in [0.717, 1.165) is 27.5 Å². The molecule has 152 valence electrons. The summed E-state index contributed by atoms with van der Waals surface area (Å²) in [7, 11) is -1.50. The number of rotatable bonds is 3. The van der Waals surface area contributed by atoms with Gasteiger partial charge in [0.1, 0.15) is 0 Å². The Bertz CT molecular complexity index is 1590. The zero-order valence-electron chi connectivity index (χ0n) is 17.3. The van der Waals surface area contributed by atoms with Crippen molar-refractivity contribution in [2.24, 2.45) is 0 Å². The molecule has 0 spiro atoms. The average Bonchev–Trinajstić information content (AvgIpc) is 3.19. The monoisotopic (exact) mass is 413 g/mol. The normalized spacial score (nSPS) is 11.4. The van der Waals surface area contributed by atoms with E-state index >= 15 is 0 Å². The largest absolute Gasteiger partial charge is 0.488 e. The van der Waals surface area contributed by atoms with Crippen molar-refractivity contribution in [3.8, 4) is 16.8 Å². The summed E-state index contributed by atoms with van der Waals surface area (Å²) < 4.78 is 2.27. The lowest BCUT2D eigenvalue weighted by Gasteiger charge is -2.11. The Hall–Kier alpha value is -3.86. The van der Waals surface area contributed by atoms with Crippen molar-refractivity contribution in [1.29, 1.82) is 0 Å². The fourth-order valence-electron chi connectivity index (χ4n) is 4.66. The molecule has 5 aromatic carbocycles. The first-order chi connectivity index (χ1) is 15.7. The van der Waals surface area contributed by atoms with E-state index in [9.17, 15) is 10.0 Å². The molecule has 1 heterocycles. The second kappa shape index (κ2) is 7.38. The summed E-state index contributed by atoms with van der Waals surface area (Å²) in [4.78, 5) is 0. The van der Waals surface area contributed by atoms with Crippen molar-refractivity contribution in [2.75, 3.05) is 0 Å². The number of aromatic nitrogens is 1. The summed E-state index contributed by atoms with van der Waals surface area (Å²) in [6.07, 6.45) is 0. The Balaban J connectivity index is 1.66. The lowest BCUT2D eigenvalue weighted by Crippen LogP contribution is -2.29. The number of hydrogen-bond acceptors (Lipinski definition) is 2. The van der Waals surface area contributed by atoms with Crippen molar-refractivity contribution >= 4 is 45.2 Å². The van der Waals surface area contributed by atoms with E-state index < -0.39 is 7.12 Å². The van der Waals surface area contributed by atoms with Crippen molar-refractivity contribution < 1.29 is 10.0 Å². The van der Waals surface area contributed by atoms with Gasteiger partial charge in [-0.05, 0) is 40.2 Å². The molecule has 0 radical (unpaired) electrons. The van der Waals surface area contributed by atoms with E-state index in [1.165, 1.54) is 21.9 Å². The van der Waals surface area contributed by atoms with E-state index in [4.69, 9.17) is 0 Å². The van der Waals surface area contributed by atoms with Crippen LogP contribution >= 0.6 is 0 Å². The first kappa shape index (κ1) is 18.9. The molecular formula is C28H20BNO2. The van der Waals surface area contributed by atoms with E-state index in [2.05, 4.69) is 89.5 Å². The predicted molar refractivity (Wildman–Crippen MR) is 134 cm³/mol. The van der Waals surface area contributed by atoms with Crippen LogP contribution in [0, 0.1) is 0 Å². The predicted octanol–water partition coefficient (Wildman–Crippen LogP) is 5.28. The highest BCUT2D eigenvalue weighted by atomic mass is 16.4. The van der Waals surface area contributed by atoms with Crippen LogP contribution in [0.25, 0.3) is 49.4 Å². The van der Waals surface area contributed by atoms with Gasteiger partial charge in [0.2, 0.25) is 0 Å². The Kier molecular flexibility index (Phi) is 4.35. The molecule has 0 amide bonds. The van der Waals surface area contributed by atoms with Crippen LogP contribution in [0.4, 0.5) is 0 Å².